The maximum absolute atomic E-state index is 13.4. The van der Waals surface area contributed by atoms with Crippen LogP contribution in [0, 0.1) is 0 Å². The van der Waals surface area contributed by atoms with Crippen LogP contribution in [0.1, 0.15) is 24.4 Å². The first-order valence-corrected chi connectivity index (χ1v) is 11.4. The van der Waals surface area contributed by atoms with Crippen LogP contribution in [-0.2, 0) is 9.59 Å². The number of carbonyl (C=O) groups is 2. The molecule has 1 aliphatic carbocycles. The number of hydrogen-bond acceptors (Lipinski definition) is 5. The number of anilines is 1. The Labute approximate surface area is 193 Å². The summed E-state index contributed by atoms with van der Waals surface area (Å²) in [5, 5.41) is 6.49. The molecule has 170 valence electrons. The third-order valence-corrected chi connectivity index (χ3v) is 6.16. The molecule has 7 nitrogen and oxygen atoms in total. The van der Waals surface area contributed by atoms with Gasteiger partial charge in [-0.2, -0.15) is 0 Å². The molecule has 2 amide bonds. The maximum atomic E-state index is 13.4. The number of amides is 2. The van der Waals surface area contributed by atoms with Crippen LogP contribution in [0.2, 0.25) is 5.02 Å². The van der Waals surface area contributed by atoms with Gasteiger partial charge in [-0.25, -0.2) is 0 Å². The lowest BCUT2D eigenvalue weighted by molar-refractivity contribution is -0.125. The lowest BCUT2D eigenvalue weighted by atomic mass is 10.0. The van der Waals surface area contributed by atoms with Gasteiger partial charge in [-0.1, -0.05) is 41.9 Å². The molecule has 1 atom stereocenters. The minimum absolute atomic E-state index is 0.0923. The zero-order chi connectivity index (χ0) is 22.5. The molecule has 4 rings (SSSR count). The molecular weight excluding hydrogens is 428 g/mol. The Bertz CT molecular complexity index is 944. The summed E-state index contributed by atoms with van der Waals surface area (Å²) in [7, 11) is 1.56. The maximum Gasteiger partial charge on any atom is 0.246 e. The van der Waals surface area contributed by atoms with Crippen molar-refractivity contribution in [3.8, 4) is 5.75 Å². The van der Waals surface area contributed by atoms with Crippen molar-refractivity contribution < 1.29 is 14.3 Å². The highest BCUT2D eigenvalue weighted by Crippen LogP contribution is 2.29. The second-order valence-electron chi connectivity index (χ2n) is 8.31. The zero-order valence-electron chi connectivity index (χ0n) is 18.2. The van der Waals surface area contributed by atoms with Crippen molar-refractivity contribution in [2.75, 3.05) is 45.2 Å². The summed E-state index contributed by atoms with van der Waals surface area (Å²) in [6.45, 7) is 3.29. The van der Waals surface area contributed by atoms with Crippen LogP contribution < -0.4 is 15.4 Å². The summed E-state index contributed by atoms with van der Waals surface area (Å²) < 4.78 is 5.19. The number of nitrogens with one attached hydrogen (secondary N) is 2. The standard InChI is InChI=1S/C24H29ClN4O3/c1-32-21-10-9-19(15-20(21)25)27-24(31)23(17-5-3-2-4-6-17)29-13-11-28(12-14-29)16-22(30)26-18-7-8-18/h2-6,9-10,15,18,23H,7-8,11-14,16H2,1H3,(H,26,30)(H,27,31)/t23-/m1/s1. The number of piperazine rings is 1. The van der Waals surface area contributed by atoms with E-state index in [1.165, 1.54) is 0 Å². The van der Waals surface area contributed by atoms with Crippen molar-refractivity contribution in [2.24, 2.45) is 0 Å². The van der Waals surface area contributed by atoms with Gasteiger partial charge in [0.25, 0.3) is 0 Å². The van der Waals surface area contributed by atoms with Gasteiger partial charge in [-0.15, -0.1) is 0 Å². The number of methoxy groups -OCH3 is 1. The number of benzene rings is 2. The summed E-state index contributed by atoms with van der Waals surface area (Å²) in [5.74, 6) is 0.540. The fourth-order valence-electron chi connectivity index (χ4n) is 4.00. The van der Waals surface area contributed by atoms with Crippen molar-refractivity contribution >= 4 is 29.1 Å². The van der Waals surface area contributed by atoms with Crippen LogP contribution in [-0.4, -0.2) is 67.5 Å². The van der Waals surface area contributed by atoms with Crippen LogP contribution in [0.15, 0.2) is 48.5 Å². The second-order valence-corrected chi connectivity index (χ2v) is 8.71. The van der Waals surface area contributed by atoms with Crippen molar-refractivity contribution in [3.05, 3.63) is 59.1 Å². The van der Waals surface area contributed by atoms with Gasteiger partial charge in [0.05, 0.1) is 18.7 Å². The second kappa shape index (κ2) is 10.3. The van der Waals surface area contributed by atoms with Crippen molar-refractivity contribution in [1.82, 2.24) is 15.1 Å². The van der Waals surface area contributed by atoms with E-state index < -0.39 is 6.04 Å². The lowest BCUT2D eigenvalue weighted by Crippen LogP contribution is -2.52. The molecule has 1 heterocycles. The number of hydrogen-bond donors (Lipinski definition) is 2. The van der Waals surface area contributed by atoms with E-state index in [4.69, 9.17) is 16.3 Å². The van der Waals surface area contributed by atoms with Crippen LogP contribution in [0.5, 0.6) is 5.75 Å². The molecule has 32 heavy (non-hydrogen) atoms. The fourth-order valence-corrected chi connectivity index (χ4v) is 4.26. The van der Waals surface area contributed by atoms with Crippen molar-refractivity contribution in [2.45, 2.75) is 24.9 Å². The molecule has 1 aliphatic heterocycles. The van der Waals surface area contributed by atoms with Crippen LogP contribution in [0.4, 0.5) is 5.69 Å². The molecule has 1 saturated heterocycles. The molecule has 2 aromatic carbocycles. The molecule has 0 radical (unpaired) electrons. The smallest absolute Gasteiger partial charge is 0.246 e. The molecule has 8 heteroatoms. The number of rotatable bonds is 8. The fraction of sp³-hybridized carbons (Fsp3) is 0.417. The van der Waals surface area contributed by atoms with Gasteiger partial charge >= 0.3 is 0 Å². The Morgan fingerprint density at radius 3 is 2.44 bits per heavy atom. The average Bonchev–Trinajstić information content (AvgIpc) is 3.60. The largest absolute Gasteiger partial charge is 0.495 e. The number of ether oxygens (including phenoxy) is 1. The molecule has 0 aromatic heterocycles. The summed E-state index contributed by atoms with van der Waals surface area (Å²) in [4.78, 5) is 29.8. The third kappa shape index (κ3) is 5.79. The van der Waals surface area contributed by atoms with E-state index in [-0.39, 0.29) is 11.8 Å². The van der Waals surface area contributed by atoms with Gasteiger partial charge < -0.3 is 15.4 Å². The minimum Gasteiger partial charge on any atom is -0.495 e. The Morgan fingerprint density at radius 2 is 1.81 bits per heavy atom. The number of nitrogens with zero attached hydrogens (tertiary/aromatic N) is 2. The summed E-state index contributed by atoms with van der Waals surface area (Å²) in [6.07, 6.45) is 2.18. The Hall–Kier alpha value is -2.61. The molecule has 2 aliphatic rings. The number of halogens is 1. The van der Waals surface area contributed by atoms with Gasteiger partial charge in [0.15, 0.2) is 0 Å². The van der Waals surface area contributed by atoms with Crippen molar-refractivity contribution in [3.63, 3.8) is 0 Å². The normalized spacial score (nSPS) is 18.1. The predicted molar refractivity (Wildman–Crippen MR) is 125 cm³/mol. The molecule has 2 N–H and O–H groups in total. The Balaban J connectivity index is 1.42. The van der Waals surface area contributed by atoms with E-state index in [0.29, 0.717) is 42.1 Å². The van der Waals surface area contributed by atoms with E-state index >= 15 is 0 Å². The van der Waals surface area contributed by atoms with E-state index in [1.54, 1.807) is 25.3 Å². The highest BCUT2D eigenvalue weighted by molar-refractivity contribution is 6.32. The lowest BCUT2D eigenvalue weighted by Gasteiger charge is -2.38. The highest BCUT2D eigenvalue weighted by atomic mass is 35.5. The Kier molecular flexibility index (Phi) is 7.29. The average molecular weight is 457 g/mol. The molecule has 1 saturated carbocycles. The first-order chi connectivity index (χ1) is 15.5. The van der Waals surface area contributed by atoms with Crippen LogP contribution >= 0.6 is 11.6 Å². The third-order valence-electron chi connectivity index (χ3n) is 5.86. The SMILES string of the molecule is COc1ccc(NC(=O)[C@@H](c2ccccc2)N2CCN(CC(=O)NC3CC3)CC2)cc1Cl. The Morgan fingerprint density at radius 1 is 1.09 bits per heavy atom. The molecule has 0 spiro atoms. The van der Waals surface area contributed by atoms with Gasteiger partial charge in [0, 0.05) is 37.9 Å². The molecule has 2 fully saturated rings. The summed E-state index contributed by atoms with van der Waals surface area (Å²) >= 11 is 6.23. The molecule has 2 aromatic rings. The first-order valence-electron chi connectivity index (χ1n) is 11.0. The highest BCUT2D eigenvalue weighted by Gasteiger charge is 2.31. The minimum atomic E-state index is -0.431. The first kappa shape index (κ1) is 22.6. The summed E-state index contributed by atoms with van der Waals surface area (Å²) in [6, 6.07) is 14.9. The van der Waals surface area contributed by atoms with E-state index in [0.717, 1.165) is 31.5 Å². The van der Waals surface area contributed by atoms with Gasteiger partial charge in [-0.3, -0.25) is 19.4 Å². The van der Waals surface area contributed by atoms with Gasteiger partial charge in [0.1, 0.15) is 11.8 Å². The molecule has 0 unspecified atom stereocenters. The molecular formula is C24H29ClN4O3. The van der Waals surface area contributed by atoms with Gasteiger partial charge in [0.2, 0.25) is 11.8 Å². The summed E-state index contributed by atoms with van der Waals surface area (Å²) in [5.41, 5.74) is 1.56. The van der Waals surface area contributed by atoms with E-state index in [2.05, 4.69) is 20.4 Å². The monoisotopic (exact) mass is 456 g/mol. The van der Waals surface area contributed by atoms with Crippen LogP contribution in [0.25, 0.3) is 0 Å². The van der Waals surface area contributed by atoms with E-state index in [9.17, 15) is 9.59 Å². The van der Waals surface area contributed by atoms with Crippen LogP contribution in [0.3, 0.4) is 0 Å². The zero-order valence-corrected chi connectivity index (χ0v) is 19.0. The van der Waals surface area contributed by atoms with Crippen molar-refractivity contribution in [1.29, 1.82) is 0 Å². The van der Waals surface area contributed by atoms with E-state index in [1.807, 2.05) is 30.3 Å². The predicted octanol–water partition coefficient (Wildman–Crippen LogP) is 2.92. The topological polar surface area (TPSA) is 73.9 Å². The van der Waals surface area contributed by atoms with Gasteiger partial charge in [-0.05, 0) is 36.6 Å². The molecule has 0 bridgehead atoms. The number of carbonyl (C=O) groups excluding carboxylic acids is 2. The quantitative estimate of drug-likeness (QED) is 0.639.